The van der Waals surface area contributed by atoms with Gasteiger partial charge in [-0.3, -0.25) is 0 Å². The summed E-state index contributed by atoms with van der Waals surface area (Å²) in [5, 5.41) is 6.85. The van der Waals surface area contributed by atoms with E-state index in [-0.39, 0.29) is 4.90 Å². The molecular weight excluding hydrogens is 373 g/mol. The molecule has 0 radical (unpaired) electrons. The molecule has 11 heteroatoms. The average Bonchev–Trinajstić information content (AvgIpc) is 2.48. The molecule has 0 spiro atoms. The standard InChI is InChI=1S/C14H14FN3O5S2/c1-9-2-4-10(5-3-9)25(22,23)18-14(19)17-13-7-6-11(8-12(13)15)24(16,20)21/h2-8H,1H3,(H2,16,20,21)(H2,17,18,19). The van der Waals surface area contributed by atoms with Crippen molar-refractivity contribution < 1.29 is 26.0 Å². The fourth-order valence-corrected chi connectivity index (χ4v) is 3.25. The second-order valence-corrected chi connectivity index (χ2v) is 8.30. The molecule has 4 N–H and O–H groups in total. The maximum absolute atomic E-state index is 13.8. The highest BCUT2D eigenvalue weighted by Gasteiger charge is 2.19. The van der Waals surface area contributed by atoms with Gasteiger partial charge in [0, 0.05) is 0 Å². The minimum Gasteiger partial charge on any atom is -0.304 e. The number of benzene rings is 2. The third-order valence-corrected chi connectivity index (χ3v) is 5.33. The summed E-state index contributed by atoms with van der Waals surface area (Å²) >= 11 is 0. The molecule has 0 saturated carbocycles. The van der Waals surface area contributed by atoms with Crippen LogP contribution < -0.4 is 15.2 Å². The largest absolute Gasteiger partial charge is 0.333 e. The maximum Gasteiger partial charge on any atom is 0.333 e. The summed E-state index contributed by atoms with van der Waals surface area (Å²) in [4.78, 5) is 11.2. The summed E-state index contributed by atoms with van der Waals surface area (Å²) in [7, 11) is -8.24. The average molecular weight is 387 g/mol. The first kappa shape index (κ1) is 18.8. The van der Waals surface area contributed by atoms with Gasteiger partial charge in [0.2, 0.25) is 10.0 Å². The highest BCUT2D eigenvalue weighted by atomic mass is 32.2. The van der Waals surface area contributed by atoms with Gasteiger partial charge in [0.1, 0.15) is 5.82 Å². The lowest BCUT2D eigenvalue weighted by molar-refractivity contribution is 0.256. The number of anilines is 1. The number of sulfonamides is 2. The molecule has 2 amide bonds. The topological polar surface area (TPSA) is 135 Å². The molecule has 0 saturated heterocycles. The summed E-state index contributed by atoms with van der Waals surface area (Å²) < 4.78 is 61.9. The number of nitrogens with two attached hydrogens (primary N) is 1. The normalized spacial score (nSPS) is 11.8. The number of urea groups is 1. The fourth-order valence-electron chi connectivity index (χ4n) is 1.82. The van der Waals surface area contributed by atoms with E-state index >= 15 is 0 Å². The lowest BCUT2D eigenvalue weighted by Gasteiger charge is -2.10. The van der Waals surface area contributed by atoms with Crippen LogP contribution in [0.3, 0.4) is 0 Å². The minimum absolute atomic E-state index is 0.140. The number of hydrogen-bond donors (Lipinski definition) is 3. The Morgan fingerprint density at radius 1 is 1.00 bits per heavy atom. The van der Waals surface area contributed by atoms with E-state index in [1.807, 2.05) is 5.32 Å². The van der Waals surface area contributed by atoms with E-state index in [1.165, 1.54) is 12.1 Å². The smallest absolute Gasteiger partial charge is 0.304 e. The molecule has 25 heavy (non-hydrogen) atoms. The number of carbonyl (C=O) groups is 1. The van der Waals surface area contributed by atoms with Gasteiger partial charge in [0.05, 0.1) is 15.5 Å². The Bertz CT molecular complexity index is 1020. The zero-order chi connectivity index (χ0) is 18.8. The van der Waals surface area contributed by atoms with Crippen molar-refractivity contribution in [2.45, 2.75) is 16.7 Å². The van der Waals surface area contributed by atoms with Gasteiger partial charge in [0.25, 0.3) is 10.0 Å². The van der Waals surface area contributed by atoms with Crippen molar-refractivity contribution in [2.75, 3.05) is 5.32 Å². The van der Waals surface area contributed by atoms with Crippen LogP contribution in [0.4, 0.5) is 14.9 Å². The number of halogens is 1. The Kier molecular flexibility index (Phi) is 5.11. The second kappa shape index (κ2) is 6.78. The molecule has 0 bridgehead atoms. The van der Waals surface area contributed by atoms with Crippen molar-refractivity contribution in [2.24, 2.45) is 5.14 Å². The highest BCUT2D eigenvalue weighted by molar-refractivity contribution is 7.90. The Labute approximate surface area is 144 Å². The third kappa shape index (κ3) is 4.75. The van der Waals surface area contributed by atoms with Crippen molar-refractivity contribution in [3.63, 3.8) is 0 Å². The van der Waals surface area contributed by atoms with Gasteiger partial charge < -0.3 is 5.32 Å². The van der Waals surface area contributed by atoms with E-state index < -0.39 is 42.5 Å². The predicted octanol–water partition coefficient (Wildman–Crippen LogP) is 1.29. The van der Waals surface area contributed by atoms with Gasteiger partial charge in [-0.25, -0.2) is 35.9 Å². The summed E-state index contributed by atoms with van der Waals surface area (Å²) in [6.07, 6.45) is 0. The Morgan fingerprint density at radius 3 is 2.08 bits per heavy atom. The molecule has 2 aromatic rings. The molecule has 0 atom stereocenters. The second-order valence-electron chi connectivity index (χ2n) is 5.06. The van der Waals surface area contributed by atoms with Crippen LogP contribution >= 0.6 is 0 Å². The lowest BCUT2D eigenvalue weighted by atomic mass is 10.2. The van der Waals surface area contributed by atoms with E-state index in [4.69, 9.17) is 5.14 Å². The van der Waals surface area contributed by atoms with Crippen molar-refractivity contribution in [3.05, 3.63) is 53.8 Å². The monoisotopic (exact) mass is 387 g/mol. The molecule has 2 aromatic carbocycles. The van der Waals surface area contributed by atoms with Crippen LogP contribution in [-0.2, 0) is 20.0 Å². The molecule has 2 rings (SSSR count). The van der Waals surface area contributed by atoms with Crippen LogP contribution in [0.25, 0.3) is 0 Å². The van der Waals surface area contributed by atoms with E-state index in [0.29, 0.717) is 6.07 Å². The maximum atomic E-state index is 13.8. The number of rotatable bonds is 4. The van der Waals surface area contributed by atoms with E-state index in [2.05, 4.69) is 0 Å². The molecule has 0 aliphatic carbocycles. The first-order valence-corrected chi connectivity index (χ1v) is 9.75. The number of primary sulfonamides is 1. The zero-order valence-electron chi connectivity index (χ0n) is 12.9. The van der Waals surface area contributed by atoms with Crippen molar-refractivity contribution in [3.8, 4) is 0 Å². The van der Waals surface area contributed by atoms with E-state index in [9.17, 15) is 26.0 Å². The SMILES string of the molecule is Cc1ccc(S(=O)(=O)NC(=O)Nc2ccc(S(N)(=O)=O)cc2F)cc1. The van der Waals surface area contributed by atoms with Crippen molar-refractivity contribution in [1.29, 1.82) is 0 Å². The Hall–Kier alpha value is -2.50. The number of amides is 2. The van der Waals surface area contributed by atoms with Gasteiger partial charge in [0.15, 0.2) is 0 Å². The summed E-state index contributed by atoms with van der Waals surface area (Å²) in [6, 6.07) is 7.06. The van der Waals surface area contributed by atoms with Crippen LogP contribution in [0.5, 0.6) is 0 Å². The molecule has 0 unspecified atom stereocenters. The molecule has 8 nitrogen and oxygen atoms in total. The van der Waals surface area contributed by atoms with Gasteiger partial charge >= 0.3 is 6.03 Å². The van der Waals surface area contributed by atoms with E-state index in [0.717, 1.165) is 17.7 Å². The first-order chi connectivity index (χ1) is 11.5. The van der Waals surface area contributed by atoms with Gasteiger partial charge in [-0.05, 0) is 37.3 Å². The number of hydrogen-bond acceptors (Lipinski definition) is 5. The highest BCUT2D eigenvalue weighted by Crippen LogP contribution is 2.18. The van der Waals surface area contributed by atoms with Crippen LogP contribution in [0.1, 0.15) is 5.56 Å². The van der Waals surface area contributed by atoms with Crippen LogP contribution in [0, 0.1) is 12.7 Å². The summed E-state index contributed by atoms with van der Waals surface area (Å²) in [5.74, 6) is -1.09. The van der Waals surface area contributed by atoms with Gasteiger partial charge in [-0.2, -0.15) is 0 Å². The number of carbonyl (C=O) groups excluding carboxylic acids is 1. The van der Waals surface area contributed by atoms with Gasteiger partial charge in [-0.15, -0.1) is 0 Å². The summed E-state index contributed by atoms with van der Waals surface area (Å²) in [5.41, 5.74) is 0.421. The minimum atomic E-state index is -4.14. The van der Waals surface area contributed by atoms with Crippen molar-refractivity contribution in [1.82, 2.24) is 4.72 Å². The summed E-state index contributed by atoms with van der Waals surface area (Å²) in [6.45, 7) is 1.77. The zero-order valence-corrected chi connectivity index (χ0v) is 14.5. The molecule has 0 heterocycles. The van der Waals surface area contributed by atoms with Crippen LogP contribution in [0.15, 0.2) is 52.3 Å². The Morgan fingerprint density at radius 2 is 1.56 bits per heavy atom. The Balaban J connectivity index is 2.16. The molecular formula is C14H14FN3O5S2. The molecule has 134 valence electrons. The van der Waals surface area contributed by atoms with Crippen LogP contribution in [-0.4, -0.2) is 22.9 Å². The fraction of sp³-hybridized carbons (Fsp3) is 0.0714. The molecule has 0 fully saturated rings. The lowest BCUT2D eigenvalue weighted by Crippen LogP contribution is -2.34. The molecule has 0 aromatic heterocycles. The van der Waals surface area contributed by atoms with Crippen LogP contribution in [0.2, 0.25) is 0 Å². The quantitative estimate of drug-likeness (QED) is 0.726. The number of nitrogens with one attached hydrogen (secondary N) is 2. The van der Waals surface area contributed by atoms with E-state index in [1.54, 1.807) is 23.8 Å². The van der Waals surface area contributed by atoms with Gasteiger partial charge in [-0.1, -0.05) is 17.7 Å². The third-order valence-electron chi connectivity index (χ3n) is 3.08. The molecule has 0 aliphatic rings. The number of aryl methyl sites for hydroxylation is 1. The van der Waals surface area contributed by atoms with Crippen molar-refractivity contribution >= 4 is 31.8 Å². The predicted molar refractivity (Wildman–Crippen MR) is 88.3 cm³/mol. The molecule has 0 aliphatic heterocycles. The first-order valence-electron chi connectivity index (χ1n) is 6.72.